The van der Waals surface area contributed by atoms with Gasteiger partial charge in [-0.1, -0.05) is 42.5 Å². The van der Waals surface area contributed by atoms with Crippen molar-refractivity contribution in [1.82, 2.24) is 4.98 Å². The Morgan fingerprint density at radius 1 is 1.07 bits per heavy atom. The summed E-state index contributed by atoms with van der Waals surface area (Å²) in [6, 6.07) is 13.9. The lowest BCUT2D eigenvalue weighted by molar-refractivity contribution is -0.133. The van der Waals surface area contributed by atoms with Gasteiger partial charge in [0.1, 0.15) is 16.4 Å². The van der Waals surface area contributed by atoms with Gasteiger partial charge < -0.3 is 9.47 Å². The topological polar surface area (TPSA) is 48.4 Å². The summed E-state index contributed by atoms with van der Waals surface area (Å²) >= 11 is 1.37. The molecule has 0 saturated heterocycles. The van der Waals surface area contributed by atoms with Gasteiger partial charge in [-0.2, -0.15) is 0 Å². The number of carbonyl (C=O) groups is 1. The van der Waals surface area contributed by atoms with Gasteiger partial charge in [0.15, 0.2) is 0 Å². The predicted molar refractivity (Wildman–Crippen MR) is 110 cm³/mol. The molecule has 6 heteroatoms. The van der Waals surface area contributed by atoms with E-state index in [4.69, 9.17) is 9.47 Å². The van der Waals surface area contributed by atoms with Crippen molar-refractivity contribution in [2.45, 2.75) is 0 Å². The fraction of sp³-hybridized carbons (Fsp3) is 0.0909. The maximum Gasteiger partial charge on any atom is 0.341 e. The van der Waals surface area contributed by atoms with Crippen LogP contribution in [0, 0.1) is 5.82 Å². The molecule has 0 fully saturated rings. The molecular formula is C22H18FNO3S. The molecule has 0 radical (unpaired) electrons. The van der Waals surface area contributed by atoms with Crippen LogP contribution in [-0.2, 0) is 14.3 Å². The van der Waals surface area contributed by atoms with E-state index in [0.29, 0.717) is 27.4 Å². The summed E-state index contributed by atoms with van der Waals surface area (Å²) in [7, 11) is 2.80. The maximum atomic E-state index is 13.9. The molecular weight excluding hydrogens is 377 g/mol. The molecule has 3 rings (SSSR count). The molecule has 0 aliphatic heterocycles. The van der Waals surface area contributed by atoms with E-state index >= 15 is 0 Å². The molecule has 0 amide bonds. The van der Waals surface area contributed by atoms with Crippen LogP contribution in [0.25, 0.3) is 28.3 Å². The second kappa shape index (κ2) is 9.10. The molecule has 2 aromatic carbocycles. The predicted octanol–water partition coefficient (Wildman–Crippen LogP) is 5.28. The van der Waals surface area contributed by atoms with Gasteiger partial charge in [-0.15, -0.1) is 11.3 Å². The minimum Gasteiger partial charge on any atom is -0.503 e. The zero-order valence-electron chi connectivity index (χ0n) is 15.4. The SMILES string of the molecule is CO/C=C(/C(=O)OC)c1ccccc1/C=C/c1csc(-c2ccccc2F)n1. The highest BCUT2D eigenvalue weighted by Gasteiger charge is 2.15. The zero-order chi connectivity index (χ0) is 19.9. The molecule has 142 valence electrons. The number of rotatable bonds is 6. The van der Waals surface area contributed by atoms with E-state index in [0.717, 1.165) is 5.56 Å². The second-order valence-corrected chi connectivity index (χ2v) is 6.59. The molecule has 0 spiro atoms. The van der Waals surface area contributed by atoms with Gasteiger partial charge in [0, 0.05) is 10.9 Å². The van der Waals surface area contributed by atoms with E-state index in [2.05, 4.69) is 4.98 Å². The third kappa shape index (κ3) is 4.35. The minimum atomic E-state index is -0.488. The zero-order valence-corrected chi connectivity index (χ0v) is 16.2. The Morgan fingerprint density at radius 3 is 2.57 bits per heavy atom. The third-order valence-corrected chi connectivity index (χ3v) is 4.85. The molecule has 0 unspecified atom stereocenters. The van der Waals surface area contributed by atoms with Gasteiger partial charge >= 0.3 is 5.97 Å². The largest absolute Gasteiger partial charge is 0.503 e. The van der Waals surface area contributed by atoms with E-state index in [1.54, 1.807) is 18.2 Å². The Balaban J connectivity index is 1.91. The highest BCUT2D eigenvalue weighted by atomic mass is 32.1. The van der Waals surface area contributed by atoms with Gasteiger partial charge in [-0.05, 0) is 29.3 Å². The van der Waals surface area contributed by atoms with E-state index in [9.17, 15) is 9.18 Å². The van der Waals surface area contributed by atoms with E-state index in [1.165, 1.54) is 37.9 Å². The van der Waals surface area contributed by atoms with Crippen molar-refractivity contribution >= 4 is 35.0 Å². The van der Waals surface area contributed by atoms with Gasteiger partial charge in [-0.3, -0.25) is 0 Å². The summed E-state index contributed by atoms with van der Waals surface area (Å²) in [5, 5.41) is 2.47. The van der Waals surface area contributed by atoms with Crippen LogP contribution in [0.1, 0.15) is 16.8 Å². The molecule has 1 aromatic heterocycles. The van der Waals surface area contributed by atoms with Crippen LogP contribution in [0.2, 0.25) is 0 Å². The van der Waals surface area contributed by atoms with Crippen molar-refractivity contribution < 1.29 is 18.7 Å². The van der Waals surface area contributed by atoms with Crippen LogP contribution in [-0.4, -0.2) is 25.2 Å². The quantitative estimate of drug-likeness (QED) is 0.324. The Bertz CT molecular complexity index is 1040. The fourth-order valence-corrected chi connectivity index (χ4v) is 3.45. The summed E-state index contributed by atoms with van der Waals surface area (Å²) < 4.78 is 23.8. The number of hydrogen-bond acceptors (Lipinski definition) is 5. The first-order valence-corrected chi connectivity index (χ1v) is 9.31. The van der Waals surface area contributed by atoms with E-state index < -0.39 is 5.97 Å². The second-order valence-electron chi connectivity index (χ2n) is 5.74. The molecule has 3 aromatic rings. The van der Waals surface area contributed by atoms with Crippen molar-refractivity contribution in [3.05, 3.63) is 82.8 Å². The van der Waals surface area contributed by atoms with Gasteiger partial charge in [0.25, 0.3) is 0 Å². The smallest absolute Gasteiger partial charge is 0.341 e. The monoisotopic (exact) mass is 395 g/mol. The van der Waals surface area contributed by atoms with Crippen LogP contribution >= 0.6 is 11.3 Å². The van der Waals surface area contributed by atoms with Gasteiger partial charge in [0.05, 0.1) is 26.2 Å². The summed E-state index contributed by atoms with van der Waals surface area (Å²) in [6.45, 7) is 0. The first-order valence-electron chi connectivity index (χ1n) is 8.43. The normalized spacial score (nSPS) is 11.6. The molecule has 0 saturated carbocycles. The van der Waals surface area contributed by atoms with E-state index in [-0.39, 0.29) is 5.82 Å². The fourth-order valence-electron chi connectivity index (χ4n) is 2.63. The molecule has 0 N–H and O–H groups in total. The number of benzene rings is 2. The lowest BCUT2D eigenvalue weighted by Gasteiger charge is -2.08. The van der Waals surface area contributed by atoms with Crippen molar-refractivity contribution in [1.29, 1.82) is 0 Å². The summed E-state index contributed by atoms with van der Waals surface area (Å²) in [4.78, 5) is 16.6. The highest BCUT2D eigenvalue weighted by Crippen LogP contribution is 2.27. The van der Waals surface area contributed by atoms with Gasteiger partial charge in [-0.25, -0.2) is 14.2 Å². The van der Waals surface area contributed by atoms with Crippen molar-refractivity contribution in [2.75, 3.05) is 14.2 Å². The molecule has 0 atom stereocenters. The van der Waals surface area contributed by atoms with Crippen LogP contribution in [0.4, 0.5) is 4.39 Å². The third-order valence-electron chi connectivity index (χ3n) is 3.95. The first-order chi connectivity index (χ1) is 13.6. The minimum absolute atomic E-state index is 0.301. The van der Waals surface area contributed by atoms with Crippen LogP contribution in [0.3, 0.4) is 0 Å². The number of ether oxygens (including phenoxy) is 2. The van der Waals surface area contributed by atoms with Crippen LogP contribution in [0.5, 0.6) is 0 Å². The standard InChI is InChI=1S/C22H18FNO3S/c1-26-13-19(22(25)27-2)17-8-4-3-7-15(17)11-12-16-14-28-21(24-16)18-9-5-6-10-20(18)23/h3-14H,1-2H3/b12-11+,19-13+. The molecule has 1 heterocycles. The number of methoxy groups -OCH3 is 2. The molecule has 4 nitrogen and oxygen atoms in total. The number of hydrogen-bond donors (Lipinski definition) is 0. The average molecular weight is 395 g/mol. The molecule has 0 aliphatic rings. The van der Waals surface area contributed by atoms with Gasteiger partial charge in [0.2, 0.25) is 0 Å². The lowest BCUT2D eigenvalue weighted by Crippen LogP contribution is -2.05. The number of nitrogens with zero attached hydrogens (tertiary/aromatic N) is 1. The van der Waals surface area contributed by atoms with E-state index in [1.807, 2.05) is 41.8 Å². The number of aromatic nitrogens is 1. The highest BCUT2D eigenvalue weighted by molar-refractivity contribution is 7.13. The molecule has 28 heavy (non-hydrogen) atoms. The Labute approximate surface area is 166 Å². The maximum absolute atomic E-state index is 13.9. The van der Waals surface area contributed by atoms with Crippen LogP contribution in [0.15, 0.2) is 60.2 Å². The van der Waals surface area contributed by atoms with Crippen LogP contribution < -0.4 is 0 Å². The Hall–Kier alpha value is -3.25. The molecule has 0 aliphatic carbocycles. The summed E-state index contributed by atoms with van der Waals surface area (Å²) in [5.74, 6) is -0.789. The Morgan fingerprint density at radius 2 is 1.82 bits per heavy atom. The van der Waals surface area contributed by atoms with Crippen molar-refractivity contribution in [3.63, 3.8) is 0 Å². The summed E-state index contributed by atoms with van der Waals surface area (Å²) in [5.41, 5.74) is 2.97. The number of halogens is 1. The average Bonchev–Trinajstić information content (AvgIpc) is 3.19. The lowest BCUT2D eigenvalue weighted by atomic mass is 10.00. The van der Waals surface area contributed by atoms with Crippen molar-refractivity contribution in [2.24, 2.45) is 0 Å². The van der Waals surface area contributed by atoms with Crippen molar-refractivity contribution in [3.8, 4) is 10.6 Å². The summed E-state index contributed by atoms with van der Waals surface area (Å²) in [6.07, 6.45) is 5.03. The first kappa shape index (κ1) is 19.5. The number of carbonyl (C=O) groups excluding carboxylic acids is 1. The Kier molecular flexibility index (Phi) is 6.34. The number of thiazole rings is 1. The molecule has 0 bridgehead atoms. The number of esters is 1.